The van der Waals surface area contributed by atoms with E-state index in [-0.39, 0.29) is 11.9 Å². The van der Waals surface area contributed by atoms with E-state index in [0.717, 1.165) is 47.5 Å². The number of imidazole rings is 1. The molecule has 0 spiro atoms. The van der Waals surface area contributed by atoms with Crippen LogP contribution in [0.4, 0.5) is 10.2 Å². The van der Waals surface area contributed by atoms with Crippen molar-refractivity contribution in [3.63, 3.8) is 0 Å². The van der Waals surface area contributed by atoms with E-state index in [1.54, 1.807) is 12.4 Å². The van der Waals surface area contributed by atoms with Crippen molar-refractivity contribution in [1.29, 1.82) is 0 Å². The molecule has 1 atom stereocenters. The lowest BCUT2D eigenvalue weighted by molar-refractivity contribution is 0.582. The molecular weight excluding hydrogens is 317 g/mol. The summed E-state index contributed by atoms with van der Waals surface area (Å²) >= 11 is 0. The number of aliphatic imine (C=N–C) groups is 1. The first-order chi connectivity index (χ1) is 12.2. The lowest BCUT2D eigenvalue weighted by Gasteiger charge is -2.21. The lowest BCUT2D eigenvalue weighted by Crippen LogP contribution is -2.34. The summed E-state index contributed by atoms with van der Waals surface area (Å²) in [6.07, 6.45) is 4.41. The average Bonchev–Trinajstić information content (AvgIpc) is 3.16. The standard InChI is InChI=1S/C19H16FN5/c1-11-8-18(22-11)23-17-7-5-15-19(24-17)25(10-21-15)16-6-3-12-2-4-13(20)9-14(12)16/h2,4-5,7,9-10,16H,1,3,6,8H2,(H,22,23,24). The fourth-order valence-electron chi connectivity index (χ4n) is 3.63. The van der Waals surface area contributed by atoms with Crippen LogP contribution in [0.5, 0.6) is 0 Å². The van der Waals surface area contributed by atoms with Gasteiger partial charge >= 0.3 is 0 Å². The molecule has 1 unspecified atom stereocenters. The van der Waals surface area contributed by atoms with Gasteiger partial charge in [-0.3, -0.25) is 0 Å². The Morgan fingerprint density at radius 3 is 3.00 bits per heavy atom. The SMILES string of the molecule is C=C1CC(=Nc2ccc3ncn(C4CCc5ccc(F)cc54)c3n2)N1. The van der Waals surface area contributed by atoms with Crippen LogP contribution in [0.3, 0.4) is 0 Å². The molecular formula is C19H16FN5. The highest BCUT2D eigenvalue weighted by atomic mass is 19.1. The summed E-state index contributed by atoms with van der Waals surface area (Å²) in [5.41, 5.74) is 4.79. The van der Waals surface area contributed by atoms with Gasteiger partial charge in [-0.25, -0.2) is 19.4 Å². The molecule has 3 aromatic rings. The van der Waals surface area contributed by atoms with E-state index in [9.17, 15) is 4.39 Å². The zero-order chi connectivity index (χ0) is 17.0. The van der Waals surface area contributed by atoms with Crippen LogP contribution in [0.1, 0.15) is 30.0 Å². The Morgan fingerprint density at radius 1 is 1.28 bits per heavy atom. The van der Waals surface area contributed by atoms with Crippen LogP contribution in [0.25, 0.3) is 11.2 Å². The molecule has 2 aromatic heterocycles. The minimum absolute atomic E-state index is 0.0627. The zero-order valence-corrected chi connectivity index (χ0v) is 13.5. The molecule has 1 aliphatic carbocycles. The van der Waals surface area contributed by atoms with E-state index in [4.69, 9.17) is 0 Å². The van der Waals surface area contributed by atoms with Crippen molar-refractivity contribution in [2.45, 2.75) is 25.3 Å². The van der Waals surface area contributed by atoms with Crippen LogP contribution in [-0.4, -0.2) is 20.4 Å². The average molecular weight is 333 g/mol. The number of pyridine rings is 1. The fourth-order valence-corrected chi connectivity index (χ4v) is 3.63. The summed E-state index contributed by atoms with van der Waals surface area (Å²) in [6, 6.07) is 8.88. The summed E-state index contributed by atoms with van der Waals surface area (Å²) in [7, 11) is 0. The predicted molar refractivity (Wildman–Crippen MR) is 94.4 cm³/mol. The number of aromatic nitrogens is 3. The first-order valence-corrected chi connectivity index (χ1v) is 8.32. The Labute approximate surface area is 143 Å². The number of aryl methyl sites for hydroxylation is 1. The van der Waals surface area contributed by atoms with E-state index in [0.29, 0.717) is 5.82 Å². The van der Waals surface area contributed by atoms with Gasteiger partial charge in [0, 0.05) is 12.1 Å². The van der Waals surface area contributed by atoms with Crippen molar-refractivity contribution in [3.8, 4) is 0 Å². The summed E-state index contributed by atoms with van der Waals surface area (Å²) in [4.78, 5) is 13.6. The molecule has 6 heteroatoms. The van der Waals surface area contributed by atoms with Crippen molar-refractivity contribution in [2.75, 3.05) is 0 Å². The number of fused-ring (bicyclic) bond motifs is 2. The maximum absolute atomic E-state index is 13.7. The van der Waals surface area contributed by atoms with Crippen LogP contribution in [0, 0.1) is 5.82 Å². The maximum Gasteiger partial charge on any atom is 0.162 e. The number of hydrogen-bond acceptors (Lipinski definition) is 3. The van der Waals surface area contributed by atoms with E-state index >= 15 is 0 Å². The molecule has 1 aromatic carbocycles. The van der Waals surface area contributed by atoms with Gasteiger partial charge in [0.1, 0.15) is 17.2 Å². The van der Waals surface area contributed by atoms with Crippen molar-refractivity contribution in [2.24, 2.45) is 4.99 Å². The minimum Gasteiger partial charge on any atom is -0.347 e. The molecule has 2 aliphatic rings. The van der Waals surface area contributed by atoms with Gasteiger partial charge in [0.2, 0.25) is 0 Å². The number of benzene rings is 1. The van der Waals surface area contributed by atoms with Crippen molar-refractivity contribution < 1.29 is 4.39 Å². The molecule has 0 bridgehead atoms. The van der Waals surface area contributed by atoms with Gasteiger partial charge in [-0.2, -0.15) is 0 Å². The van der Waals surface area contributed by atoms with Gasteiger partial charge in [-0.05, 0) is 48.2 Å². The highest BCUT2D eigenvalue weighted by Crippen LogP contribution is 2.36. The molecule has 5 nitrogen and oxygen atoms in total. The lowest BCUT2D eigenvalue weighted by atomic mass is 10.1. The van der Waals surface area contributed by atoms with E-state index in [1.165, 1.54) is 11.6 Å². The van der Waals surface area contributed by atoms with Gasteiger partial charge in [-0.1, -0.05) is 12.6 Å². The Hall–Kier alpha value is -3.02. The minimum atomic E-state index is -0.202. The van der Waals surface area contributed by atoms with E-state index in [1.807, 2.05) is 22.8 Å². The van der Waals surface area contributed by atoms with Gasteiger partial charge in [0.15, 0.2) is 11.5 Å². The number of nitrogens with zero attached hydrogens (tertiary/aromatic N) is 4. The quantitative estimate of drug-likeness (QED) is 0.779. The molecule has 1 aliphatic heterocycles. The highest BCUT2D eigenvalue weighted by molar-refractivity contribution is 5.94. The topological polar surface area (TPSA) is 55.1 Å². The van der Waals surface area contributed by atoms with Gasteiger partial charge in [0.25, 0.3) is 0 Å². The largest absolute Gasteiger partial charge is 0.347 e. The Balaban J connectivity index is 1.58. The van der Waals surface area contributed by atoms with Crippen LogP contribution in [0.15, 0.2) is 53.9 Å². The second-order valence-corrected chi connectivity index (χ2v) is 6.53. The maximum atomic E-state index is 13.7. The number of halogens is 1. The van der Waals surface area contributed by atoms with Crippen LogP contribution >= 0.6 is 0 Å². The second-order valence-electron chi connectivity index (χ2n) is 6.53. The fraction of sp³-hybridized carbons (Fsp3) is 0.211. The number of rotatable bonds is 2. The molecule has 5 rings (SSSR count). The van der Waals surface area contributed by atoms with E-state index in [2.05, 4.69) is 26.9 Å². The summed E-state index contributed by atoms with van der Waals surface area (Å²) in [5, 5.41) is 3.07. The molecule has 1 N–H and O–H groups in total. The Bertz CT molecular complexity index is 1040. The molecule has 1 saturated heterocycles. The zero-order valence-electron chi connectivity index (χ0n) is 13.5. The van der Waals surface area contributed by atoms with Crippen molar-refractivity contribution in [3.05, 3.63) is 65.9 Å². The monoisotopic (exact) mass is 333 g/mol. The molecule has 3 heterocycles. The van der Waals surface area contributed by atoms with E-state index < -0.39 is 0 Å². The number of amidine groups is 1. The Morgan fingerprint density at radius 2 is 2.16 bits per heavy atom. The number of nitrogens with one attached hydrogen (secondary N) is 1. The van der Waals surface area contributed by atoms with Crippen LogP contribution < -0.4 is 5.32 Å². The molecule has 124 valence electrons. The van der Waals surface area contributed by atoms with Gasteiger partial charge in [-0.15, -0.1) is 0 Å². The smallest absolute Gasteiger partial charge is 0.162 e. The molecule has 1 fully saturated rings. The summed E-state index contributed by atoms with van der Waals surface area (Å²) in [6.45, 7) is 3.83. The predicted octanol–water partition coefficient (Wildman–Crippen LogP) is 3.64. The normalized spacial score (nSPS) is 20.6. The Kier molecular flexibility index (Phi) is 3.00. The summed E-state index contributed by atoms with van der Waals surface area (Å²) < 4.78 is 15.7. The molecule has 0 saturated carbocycles. The molecule has 25 heavy (non-hydrogen) atoms. The third-order valence-corrected chi connectivity index (χ3v) is 4.85. The summed E-state index contributed by atoms with van der Waals surface area (Å²) in [5.74, 6) is 1.31. The van der Waals surface area contributed by atoms with Gasteiger partial charge < -0.3 is 9.88 Å². The first-order valence-electron chi connectivity index (χ1n) is 8.32. The first kappa shape index (κ1) is 14.3. The van der Waals surface area contributed by atoms with Crippen molar-refractivity contribution >= 4 is 22.8 Å². The second kappa shape index (κ2) is 5.24. The third-order valence-electron chi connectivity index (χ3n) is 4.85. The van der Waals surface area contributed by atoms with Crippen molar-refractivity contribution in [1.82, 2.24) is 19.9 Å². The molecule has 0 amide bonds. The van der Waals surface area contributed by atoms with Crippen LogP contribution in [0.2, 0.25) is 0 Å². The van der Waals surface area contributed by atoms with Gasteiger partial charge in [0.05, 0.1) is 12.4 Å². The number of hydrogen-bond donors (Lipinski definition) is 1. The third kappa shape index (κ3) is 2.33. The van der Waals surface area contributed by atoms with Crippen LogP contribution in [-0.2, 0) is 6.42 Å². The molecule has 0 radical (unpaired) electrons. The highest BCUT2D eigenvalue weighted by Gasteiger charge is 2.26.